The summed E-state index contributed by atoms with van der Waals surface area (Å²) in [5.41, 5.74) is 0. The first-order chi connectivity index (χ1) is 8.31. The van der Waals surface area contributed by atoms with E-state index in [0.717, 1.165) is 5.82 Å². The van der Waals surface area contributed by atoms with Gasteiger partial charge >= 0.3 is 5.82 Å². The van der Waals surface area contributed by atoms with Crippen LogP contribution in [0, 0.1) is 0 Å². The van der Waals surface area contributed by atoms with Crippen LogP contribution < -0.4 is 4.57 Å². The molecular weight excluding hydrogens is 208 g/mol. The Morgan fingerprint density at radius 3 is 2.59 bits per heavy atom. The molecule has 0 aliphatic carbocycles. The van der Waals surface area contributed by atoms with Gasteiger partial charge in [-0.2, -0.15) is 0 Å². The van der Waals surface area contributed by atoms with Crippen LogP contribution in [0.15, 0.2) is 53.7 Å². The first-order valence-corrected chi connectivity index (χ1v) is 5.58. The summed E-state index contributed by atoms with van der Waals surface area (Å²) in [5, 5.41) is 4.83. The predicted octanol–water partition coefficient (Wildman–Crippen LogP) is 3.15. The van der Waals surface area contributed by atoms with Gasteiger partial charge in [0.1, 0.15) is 6.72 Å². The van der Waals surface area contributed by atoms with Crippen molar-refractivity contribution in [2.24, 2.45) is 12.0 Å². The monoisotopic (exact) mass is 221 g/mol. The lowest BCUT2D eigenvalue weighted by Gasteiger charge is -2.04. The van der Waals surface area contributed by atoms with E-state index in [0.29, 0.717) is 0 Å². The lowest BCUT2D eigenvalue weighted by atomic mass is 10.0. The quantitative estimate of drug-likeness (QED) is 0.341. The van der Waals surface area contributed by atoms with Crippen molar-refractivity contribution in [3.05, 3.63) is 48.7 Å². The van der Waals surface area contributed by atoms with Gasteiger partial charge in [-0.05, 0) is 22.2 Å². The molecule has 0 atom stereocenters. The third kappa shape index (κ3) is 1.41. The van der Waals surface area contributed by atoms with Gasteiger partial charge in [-0.15, -0.1) is 0 Å². The Morgan fingerprint density at radius 2 is 1.76 bits per heavy atom. The molecule has 3 aromatic rings. The summed E-state index contributed by atoms with van der Waals surface area (Å²) in [7, 11) is 1.99. The van der Waals surface area contributed by atoms with Crippen molar-refractivity contribution >= 4 is 34.1 Å². The number of aryl methyl sites for hydroxylation is 1. The topological polar surface area (TPSA) is 16.2 Å². The molecule has 2 nitrogen and oxygen atoms in total. The molecule has 1 heterocycles. The third-order valence-electron chi connectivity index (χ3n) is 3.15. The molecule has 0 radical (unpaired) electrons. The van der Waals surface area contributed by atoms with Gasteiger partial charge in [0.05, 0.1) is 18.6 Å². The van der Waals surface area contributed by atoms with E-state index in [1.54, 1.807) is 0 Å². The minimum atomic E-state index is 0.916. The number of hydrogen-bond donors (Lipinski definition) is 0. The van der Waals surface area contributed by atoms with Crippen molar-refractivity contribution in [3.8, 4) is 0 Å². The van der Waals surface area contributed by atoms with Crippen LogP contribution >= 0.6 is 0 Å². The minimum absolute atomic E-state index is 0.916. The fourth-order valence-electron chi connectivity index (χ4n) is 2.31. The molecule has 0 bridgehead atoms. The van der Waals surface area contributed by atoms with Gasteiger partial charge in [0.2, 0.25) is 0 Å². The molecule has 0 N–H and O–H groups in total. The van der Waals surface area contributed by atoms with Crippen molar-refractivity contribution in [3.63, 3.8) is 0 Å². The zero-order chi connectivity index (χ0) is 11.8. The first kappa shape index (κ1) is 9.97. The molecule has 0 aliphatic heterocycles. The number of nitrogens with zero attached hydrogens (tertiary/aromatic N) is 2. The van der Waals surface area contributed by atoms with E-state index < -0.39 is 0 Å². The standard InChI is InChI=1S/C15H13N2/c1-16-15-14-12(9-10-17(15)2)8-7-11-5-3-4-6-13(11)14/h3-10H,1H2,2H3/q+1. The lowest BCUT2D eigenvalue weighted by molar-refractivity contribution is -0.657. The van der Waals surface area contributed by atoms with E-state index in [1.807, 2.05) is 17.8 Å². The maximum Gasteiger partial charge on any atom is 0.330 e. The van der Waals surface area contributed by atoms with Gasteiger partial charge in [0, 0.05) is 0 Å². The van der Waals surface area contributed by atoms with Gasteiger partial charge in [-0.3, -0.25) is 0 Å². The van der Waals surface area contributed by atoms with Crippen LogP contribution in [-0.4, -0.2) is 6.72 Å². The fourth-order valence-corrected chi connectivity index (χ4v) is 2.31. The molecule has 0 unspecified atom stereocenters. The molecule has 1 aromatic heterocycles. The van der Waals surface area contributed by atoms with Crippen LogP contribution in [0.1, 0.15) is 0 Å². The Morgan fingerprint density at radius 1 is 1.00 bits per heavy atom. The van der Waals surface area contributed by atoms with Crippen molar-refractivity contribution in [2.45, 2.75) is 0 Å². The second-order valence-corrected chi connectivity index (χ2v) is 4.16. The molecule has 2 heteroatoms. The van der Waals surface area contributed by atoms with E-state index in [9.17, 15) is 0 Å². The van der Waals surface area contributed by atoms with E-state index in [2.05, 4.69) is 54.2 Å². The summed E-state index contributed by atoms with van der Waals surface area (Å²) in [6, 6.07) is 14.7. The highest BCUT2D eigenvalue weighted by molar-refractivity contribution is 6.11. The first-order valence-electron chi connectivity index (χ1n) is 5.58. The Hall–Kier alpha value is -2.22. The van der Waals surface area contributed by atoms with Crippen LogP contribution in [0.2, 0.25) is 0 Å². The molecule has 3 rings (SSSR count). The Balaban J connectivity index is 2.63. The SMILES string of the molecule is C=Nc1c2c(ccc3ccccc32)cc[n+]1C. The molecular formula is C15H13N2+. The predicted molar refractivity (Wildman–Crippen MR) is 71.8 cm³/mol. The fraction of sp³-hybridized carbons (Fsp3) is 0.0667. The number of benzene rings is 2. The highest BCUT2D eigenvalue weighted by Gasteiger charge is 2.13. The smallest absolute Gasteiger partial charge is 0.233 e. The highest BCUT2D eigenvalue weighted by Crippen LogP contribution is 2.29. The lowest BCUT2D eigenvalue weighted by Crippen LogP contribution is -2.27. The summed E-state index contributed by atoms with van der Waals surface area (Å²) < 4.78 is 2.00. The number of aliphatic imine (C=N–C) groups is 1. The van der Waals surface area contributed by atoms with E-state index in [1.165, 1.54) is 21.5 Å². The van der Waals surface area contributed by atoms with Crippen LogP contribution in [0.25, 0.3) is 21.5 Å². The summed E-state index contributed by atoms with van der Waals surface area (Å²) in [5.74, 6) is 0.916. The maximum atomic E-state index is 4.16. The average molecular weight is 221 g/mol. The zero-order valence-electron chi connectivity index (χ0n) is 9.72. The van der Waals surface area contributed by atoms with Gasteiger partial charge < -0.3 is 0 Å². The Bertz CT molecular complexity index is 729. The normalized spacial score (nSPS) is 10.9. The van der Waals surface area contributed by atoms with E-state index >= 15 is 0 Å². The van der Waals surface area contributed by atoms with Crippen LogP contribution in [0.5, 0.6) is 0 Å². The van der Waals surface area contributed by atoms with Crippen molar-refractivity contribution in [1.29, 1.82) is 0 Å². The second kappa shape index (κ2) is 3.67. The molecule has 0 aliphatic rings. The van der Waals surface area contributed by atoms with Gasteiger partial charge in [0.25, 0.3) is 0 Å². The number of fused-ring (bicyclic) bond motifs is 3. The zero-order valence-corrected chi connectivity index (χ0v) is 9.72. The number of pyridine rings is 1. The van der Waals surface area contributed by atoms with Gasteiger partial charge in [0.15, 0.2) is 0 Å². The number of hydrogen-bond acceptors (Lipinski definition) is 1. The summed E-state index contributed by atoms with van der Waals surface area (Å²) in [4.78, 5) is 4.16. The molecule has 0 amide bonds. The maximum absolute atomic E-state index is 4.16. The summed E-state index contributed by atoms with van der Waals surface area (Å²) >= 11 is 0. The van der Waals surface area contributed by atoms with Crippen LogP contribution in [0.4, 0.5) is 5.82 Å². The number of aromatic nitrogens is 1. The Kier molecular flexibility index (Phi) is 2.15. The Labute approximate surface area is 99.8 Å². The molecule has 0 saturated carbocycles. The largest absolute Gasteiger partial charge is 0.330 e. The minimum Gasteiger partial charge on any atom is -0.233 e. The van der Waals surface area contributed by atoms with Crippen LogP contribution in [0.3, 0.4) is 0 Å². The van der Waals surface area contributed by atoms with Crippen molar-refractivity contribution < 1.29 is 4.57 Å². The van der Waals surface area contributed by atoms with Gasteiger partial charge in [-0.25, -0.2) is 4.57 Å². The molecule has 82 valence electrons. The van der Waals surface area contributed by atoms with Crippen molar-refractivity contribution in [1.82, 2.24) is 0 Å². The van der Waals surface area contributed by atoms with E-state index in [-0.39, 0.29) is 0 Å². The number of rotatable bonds is 1. The summed E-state index contributed by atoms with van der Waals surface area (Å²) in [6.45, 7) is 3.68. The van der Waals surface area contributed by atoms with E-state index in [4.69, 9.17) is 0 Å². The molecule has 0 spiro atoms. The highest BCUT2D eigenvalue weighted by atomic mass is 15.0. The second-order valence-electron chi connectivity index (χ2n) is 4.16. The van der Waals surface area contributed by atoms with Gasteiger partial charge in [-0.1, -0.05) is 41.4 Å². The summed E-state index contributed by atoms with van der Waals surface area (Å²) in [6.07, 6.45) is 2.02. The molecule has 2 aromatic carbocycles. The van der Waals surface area contributed by atoms with Crippen LogP contribution in [-0.2, 0) is 7.05 Å². The molecule has 0 fully saturated rings. The van der Waals surface area contributed by atoms with Crippen molar-refractivity contribution in [2.75, 3.05) is 0 Å². The molecule has 17 heavy (non-hydrogen) atoms. The molecule has 0 saturated heterocycles. The third-order valence-corrected chi connectivity index (χ3v) is 3.15. The average Bonchev–Trinajstić information content (AvgIpc) is 2.38.